The summed E-state index contributed by atoms with van der Waals surface area (Å²) in [5, 5.41) is 17.5. The van der Waals surface area contributed by atoms with Gasteiger partial charge in [0.1, 0.15) is 6.04 Å². The molecule has 0 unspecified atom stereocenters. The number of nitrogens with zero attached hydrogens (tertiary/aromatic N) is 4. The molecule has 9 heteroatoms. The number of hydrogen-bond donors (Lipinski definition) is 0. The van der Waals surface area contributed by atoms with E-state index in [0.717, 1.165) is 16.0 Å². The fourth-order valence-electron chi connectivity index (χ4n) is 5.63. The van der Waals surface area contributed by atoms with E-state index in [2.05, 4.69) is 5.10 Å². The third-order valence-electron chi connectivity index (χ3n) is 7.26. The normalized spacial score (nSPS) is 23.9. The predicted molar refractivity (Wildman–Crippen MR) is 130 cm³/mol. The van der Waals surface area contributed by atoms with Crippen LogP contribution < -0.4 is 4.90 Å². The molecule has 3 aliphatic heterocycles. The Bertz CT molecular complexity index is 1480. The van der Waals surface area contributed by atoms with Gasteiger partial charge in [-0.05, 0) is 23.6 Å². The molecule has 178 valence electrons. The average Bonchev–Trinajstić information content (AvgIpc) is 3.37. The van der Waals surface area contributed by atoms with Crippen LogP contribution in [-0.4, -0.2) is 39.8 Å². The Morgan fingerprint density at radius 1 is 0.944 bits per heavy atom. The maximum absolute atomic E-state index is 13.9. The summed E-state index contributed by atoms with van der Waals surface area (Å²) < 4.78 is 0. The van der Waals surface area contributed by atoms with Crippen molar-refractivity contribution in [3.63, 3.8) is 0 Å². The molecule has 36 heavy (non-hydrogen) atoms. The number of anilines is 1. The zero-order chi connectivity index (χ0) is 25.1. The molecule has 3 aromatic carbocycles. The second-order valence-electron chi connectivity index (χ2n) is 9.16. The molecule has 0 N–H and O–H groups in total. The highest BCUT2D eigenvalue weighted by Gasteiger charge is 2.65. The zero-order valence-corrected chi connectivity index (χ0v) is 19.1. The Morgan fingerprint density at radius 3 is 2.39 bits per heavy atom. The second-order valence-corrected chi connectivity index (χ2v) is 9.16. The highest BCUT2D eigenvalue weighted by molar-refractivity contribution is 6.25. The molecular formula is C27H20N4O5. The van der Waals surface area contributed by atoms with E-state index in [0.29, 0.717) is 11.1 Å². The first-order valence-electron chi connectivity index (χ1n) is 11.5. The number of amides is 2. The number of benzene rings is 3. The molecule has 2 fully saturated rings. The van der Waals surface area contributed by atoms with Gasteiger partial charge in [0.2, 0.25) is 11.8 Å². The summed E-state index contributed by atoms with van der Waals surface area (Å²) in [6, 6.07) is 18.6. The number of hydrazone groups is 1. The molecule has 2 saturated heterocycles. The highest BCUT2D eigenvalue weighted by atomic mass is 16.6. The summed E-state index contributed by atoms with van der Waals surface area (Å²) in [4.78, 5) is 53.5. The minimum atomic E-state index is -0.993. The van der Waals surface area contributed by atoms with Crippen LogP contribution in [0.2, 0.25) is 0 Å². The monoisotopic (exact) mass is 480 g/mol. The van der Waals surface area contributed by atoms with E-state index < -0.39 is 40.7 Å². The molecule has 0 radical (unpaired) electrons. The number of aryl methyl sites for hydroxylation is 1. The van der Waals surface area contributed by atoms with Gasteiger partial charge < -0.3 is 0 Å². The van der Waals surface area contributed by atoms with Crippen LogP contribution in [-0.2, 0) is 9.59 Å². The molecule has 6 rings (SSSR count). The van der Waals surface area contributed by atoms with Crippen molar-refractivity contribution in [3.8, 4) is 0 Å². The van der Waals surface area contributed by atoms with Crippen molar-refractivity contribution in [1.29, 1.82) is 0 Å². The van der Waals surface area contributed by atoms with E-state index in [1.54, 1.807) is 48.5 Å². The zero-order valence-electron chi connectivity index (χ0n) is 19.1. The first kappa shape index (κ1) is 21.8. The number of hydrogen-bond acceptors (Lipinski definition) is 7. The van der Waals surface area contributed by atoms with Crippen molar-refractivity contribution in [1.82, 2.24) is 5.01 Å². The van der Waals surface area contributed by atoms with Gasteiger partial charge in [-0.15, -0.1) is 0 Å². The van der Waals surface area contributed by atoms with Gasteiger partial charge in [0.05, 0.1) is 34.7 Å². The molecule has 0 aromatic heterocycles. The summed E-state index contributed by atoms with van der Waals surface area (Å²) in [6.45, 7) is 1.69. The Balaban J connectivity index is 1.51. The van der Waals surface area contributed by atoms with Gasteiger partial charge in [-0.25, -0.2) is 4.90 Å². The average molecular weight is 480 g/mol. The first-order chi connectivity index (χ1) is 17.4. The summed E-state index contributed by atoms with van der Waals surface area (Å²) in [6.07, 6.45) is 1.65. The molecule has 3 heterocycles. The van der Waals surface area contributed by atoms with Gasteiger partial charge in [0, 0.05) is 17.7 Å². The van der Waals surface area contributed by atoms with Crippen molar-refractivity contribution >= 4 is 35.2 Å². The standard InChI is InChI=1S/C27H20N4O5/c1-15-11-12-18(31(35)36)13-20(15)29-26(33)21-22(27(29)34)24(25(32)16-7-3-2-4-8-16)30-23(21)19-10-6-5-9-17(19)14-28-30/h2-14,21-24H,1H3/t21-,22+,23-,24+/m0/s1. The fraction of sp³-hybridized carbons (Fsp3) is 0.185. The third kappa shape index (κ3) is 3.02. The van der Waals surface area contributed by atoms with E-state index in [9.17, 15) is 24.5 Å². The lowest BCUT2D eigenvalue weighted by molar-refractivity contribution is -0.384. The van der Waals surface area contributed by atoms with Gasteiger partial charge in [-0.1, -0.05) is 60.7 Å². The van der Waals surface area contributed by atoms with Crippen molar-refractivity contribution in [2.45, 2.75) is 19.0 Å². The van der Waals surface area contributed by atoms with Crippen LogP contribution in [0.1, 0.15) is 33.1 Å². The van der Waals surface area contributed by atoms with Crippen molar-refractivity contribution in [2.75, 3.05) is 4.90 Å². The maximum atomic E-state index is 13.9. The van der Waals surface area contributed by atoms with Crippen molar-refractivity contribution < 1.29 is 19.3 Å². The molecule has 2 amide bonds. The van der Waals surface area contributed by atoms with Gasteiger partial charge in [-0.2, -0.15) is 5.10 Å². The largest absolute Gasteiger partial charge is 0.292 e. The van der Waals surface area contributed by atoms with E-state index in [-0.39, 0.29) is 17.2 Å². The third-order valence-corrected chi connectivity index (χ3v) is 7.26. The Hall–Kier alpha value is -4.66. The molecule has 3 aromatic rings. The van der Waals surface area contributed by atoms with Crippen LogP contribution in [0.4, 0.5) is 11.4 Å². The topological polar surface area (TPSA) is 113 Å². The fourth-order valence-corrected chi connectivity index (χ4v) is 5.63. The lowest BCUT2D eigenvalue weighted by atomic mass is 9.83. The SMILES string of the molecule is Cc1ccc([N+](=O)[O-])cc1N1C(=O)[C@@H]2[C@H](C1=O)[C@@H]1c3ccccc3C=NN1[C@H]2C(=O)c1ccccc1. The van der Waals surface area contributed by atoms with Crippen LogP contribution in [0.3, 0.4) is 0 Å². The number of rotatable bonds is 4. The molecule has 0 bridgehead atoms. The number of carbonyl (C=O) groups excluding carboxylic acids is 3. The Kier molecular flexibility index (Phi) is 4.82. The van der Waals surface area contributed by atoms with Gasteiger partial charge in [0.25, 0.3) is 5.69 Å². The first-order valence-corrected chi connectivity index (χ1v) is 11.5. The quantitative estimate of drug-likeness (QED) is 0.244. The number of ketones is 1. The molecule has 9 nitrogen and oxygen atoms in total. The molecule has 3 aliphatic rings. The summed E-state index contributed by atoms with van der Waals surface area (Å²) in [5.74, 6) is -3.20. The van der Waals surface area contributed by atoms with Gasteiger partial charge in [-0.3, -0.25) is 29.5 Å². The lowest BCUT2D eigenvalue weighted by Crippen LogP contribution is -2.44. The van der Waals surface area contributed by atoms with Crippen LogP contribution in [0.5, 0.6) is 0 Å². The van der Waals surface area contributed by atoms with Crippen LogP contribution >= 0.6 is 0 Å². The summed E-state index contributed by atoms with van der Waals surface area (Å²) >= 11 is 0. The van der Waals surface area contributed by atoms with Crippen LogP contribution in [0.15, 0.2) is 77.9 Å². The van der Waals surface area contributed by atoms with Crippen molar-refractivity contribution in [3.05, 3.63) is 105 Å². The Morgan fingerprint density at radius 2 is 1.64 bits per heavy atom. The molecule has 0 spiro atoms. The second kappa shape index (κ2) is 7.94. The maximum Gasteiger partial charge on any atom is 0.271 e. The van der Waals surface area contributed by atoms with Gasteiger partial charge in [0.15, 0.2) is 5.78 Å². The molecular weight excluding hydrogens is 460 g/mol. The summed E-state index contributed by atoms with van der Waals surface area (Å²) in [5.41, 5.74) is 2.53. The number of imide groups is 1. The smallest absolute Gasteiger partial charge is 0.271 e. The van der Waals surface area contributed by atoms with E-state index in [1.807, 2.05) is 24.3 Å². The van der Waals surface area contributed by atoms with Gasteiger partial charge >= 0.3 is 0 Å². The lowest BCUT2D eigenvalue weighted by Gasteiger charge is -2.34. The number of carbonyl (C=O) groups is 3. The Labute approximate surface area is 205 Å². The minimum absolute atomic E-state index is 0.165. The van der Waals surface area contributed by atoms with E-state index >= 15 is 0 Å². The van der Waals surface area contributed by atoms with E-state index in [1.165, 1.54) is 18.2 Å². The van der Waals surface area contributed by atoms with Crippen molar-refractivity contribution in [2.24, 2.45) is 16.9 Å². The number of fused-ring (bicyclic) bond motifs is 5. The number of Topliss-reactive ketones (excluding diaryl/α,β-unsaturated/α-hetero) is 1. The number of nitro benzene ring substituents is 1. The summed E-state index contributed by atoms with van der Waals surface area (Å²) in [7, 11) is 0. The minimum Gasteiger partial charge on any atom is -0.292 e. The van der Waals surface area contributed by atoms with Crippen LogP contribution in [0.25, 0.3) is 0 Å². The number of nitro groups is 1. The number of non-ortho nitro benzene ring substituents is 1. The van der Waals surface area contributed by atoms with E-state index in [4.69, 9.17) is 0 Å². The van der Waals surface area contributed by atoms with Crippen LogP contribution in [0, 0.1) is 28.9 Å². The molecule has 0 saturated carbocycles. The molecule has 4 atom stereocenters. The highest BCUT2D eigenvalue weighted by Crippen LogP contribution is 2.53. The molecule has 0 aliphatic carbocycles. The predicted octanol–water partition coefficient (Wildman–Crippen LogP) is 3.66.